The monoisotopic (exact) mass is 391 g/mol. The summed E-state index contributed by atoms with van der Waals surface area (Å²) in [5.41, 5.74) is 8.55. The van der Waals surface area contributed by atoms with Crippen molar-refractivity contribution in [3.8, 4) is 0 Å². The minimum absolute atomic E-state index is 0.0398. The van der Waals surface area contributed by atoms with Gasteiger partial charge in [0, 0.05) is 12.7 Å². The summed E-state index contributed by atoms with van der Waals surface area (Å²) in [5.74, 6) is -0.666. The molecule has 1 aliphatic heterocycles. The van der Waals surface area contributed by atoms with Crippen molar-refractivity contribution in [2.45, 2.75) is 20.8 Å². The van der Waals surface area contributed by atoms with Gasteiger partial charge in [-0.25, -0.2) is 4.79 Å². The zero-order chi connectivity index (χ0) is 19.3. The van der Waals surface area contributed by atoms with E-state index >= 15 is 0 Å². The predicted molar refractivity (Wildman–Crippen MR) is 111 cm³/mol. The van der Waals surface area contributed by atoms with Crippen molar-refractivity contribution in [3.63, 3.8) is 0 Å². The number of carbonyl (C=O) groups excluding carboxylic acids is 1. The highest BCUT2D eigenvalue weighted by Crippen LogP contribution is 2.12. The van der Waals surface area contributed by atoms with E-state index in [-0.39, 0.29) is 17.6 Å². The van der Waals surface area contributed by atoms with Crippen molar-refractivity contribution in [1.82, 2.24) is 15.3 Å². The number of hydrazine groups is 1. The lowest BCUT2D eigenvalue weighted by Crippen LogP contribution is -2.51. The van der Waals surface area contributed by atoms with Crippen molar-refractivity contribution in [3.05, 3.63) is 41.6 Å². The van der Waals surface area contributed by atoms with E-state index < -0.39 is 5.97 Å². The van der Waals surface area contributed by atoms with E-state index in [4.69, 9.17) is 29.2 Å². The molecule has 138 valence electrons. The van der Waals surface area contributed by atoms with Crippen LogP contribution in [0.1, 0.15) is 19.4 Å². The first-order valence-electron chi connectivity index (χ1n) is 7.97. The zero-order valence-electron chi connectivity index (χ0n) is 15.1. The number of benzene rings is 1. The topological polar surface area (TPSA) is 69.2 Å². The third-order valence-electron chi connectivity index (χ3n) is 3.39. The van der Waals surface area contributed by atoms with E-state index in [0.717, 1.165) is 16.9 Å². The number of nitrogens with zero attached hydrogens (tertiary/aromatic N) is 3. The molecule has 1 aliphatic rings. The van der Waals surface area contributed by atoms with E-state index in [1.54, 1.807) is 25.1 Å². The van der Waals surface area contributed by atoms with E-state index in [9.17, 15) is 4.79 Å². The molecule has 0 spiro atoms. The van der Waals surface area contributed by atoms with Crippen LogP contribution in [0.25, 0.3) is 0 Å². The van der Waals surface area contributed by atoms with Crippen LogP contribution in [0.15, 0.2) is 41.1 Å². The summed E-state index contributed by atoms with van der Waals surface area (Å²) in [7, 11) is 1.73. The van der Waals surface area contributed by atoms with Gasteiger partial charge < -0.3 is 10.2 Å². The van der Waals surface area contributed by atoms with Crippen LogP contribution in [-0.4, -0.2) is 45.5 Å². The minimum atomic E-state index is -0.627. The summed E-state index contributed by atoms with van der Waals surface area (Å²) >= 11 is 10.9. The number of hydrogen-bond donors (Lipinski definition) is 2. The highest BCUT2D eigenvalue weighted by atomic mass is 32.1. The van der Waals surface area contributed by atoms with Crippen LogP contribution >= 0.6 is 24.4 Å². The quantitative estimate of drug-likeness (QED) is 0.268. The van der Waals surface area contributed by atoms with Crippen molar-refractivity contribution >= 4 is 52.0 Å². The third kappa shape index (κ3) is 4.77. The highest BCUT2D eigenvalue weighted by Gasteiger charge is 2.31. The second-order valence-electron chi connectivity index (χ2n) is 5.59. The van der Waals surface area contributed by atoms with Crippen LogP contribution in [0.2, 0.25) is 0 Å². The molecule has 0 amide bonds. The lowest BCUT2D eigenvalue weighted by molar-refractivity contribution is -0.135. The molecule has 0 fully saturated rings. The molecule has 0 saturated carbocycles. The number of allylic oxidation sites excluding steroid dienone is 1. The Labute approximate surface area is 163 Å². The molecule has 0 aliphatic carbocycles. The van der Waals surface area contributed by atoms with E-state index in [0.29, 0.717) is 4.99 Å². The SMILES string of the molecule is CCOC(=O)/C(=N/Nc1ccc(C)cc1)N1C(=S)C=C(C)NN(C)C1=S. The second-order valence-corrected chi connectivity index (χ2v) is 6.37. The minimum Gasteiger partial charge on any atom is -0.460 e. The van der Waals surface area contributed by atoms with Gasteiger partial charge in [-0.15, -0.1) is 5.10 Å². The molecule has 1 aromatic rings. The van der Waals surface area contributed by atoms with Crippen LogP contribution < -0.4 is 10.9 Å². The zero-order valence-corrected chi connectivity index (χ0v) is 16.7. The number of ether oxygens (including phenoxy) is 1. The van der Waals surface area contributed by atoms with Crippen molar-refractivity contribution < 1.29 is 9.53 Å². The Hall–Kier alpha value is -2.52. The normalized spacial score (nSPS) is 15.2. The second kappa shape index (κ2) is 8.72. The van der Waals surface area contributed by atoms with E-state index in [1.165, 1.54) is 4.90 Å². The number of thiocarbonyl (C=S) groups is 2. The van der Waals surface area contributed by atoms with Gasteiger partial charge in [-0.1, -0.05) is 29.9 Å². The largest absolute Gasteiger partial charge is 0.460 e. The molecule has 0 aromatic heterocycles. The summed E-state index contributed by atoms with van der Waals surface area (Å²) in [6.45, 7) is 5.77. The molecule has 0 saturated heterocycles. The van der Waals surface area contributed by atoms with Gasteiger partial charge in [0.1, 0.15) is 4.99 Å². The fourth-order valence-electron chi connectivity index (χ4n) is 2.16. The van der Waals surface area contributed by atoms with Gasteiger partial charge in [-0.05, 0) is 51.2 Å². The molecule has 2 N–H and O–H groups in total. The fourth-order valence-corrected chi connectivity index (χ4v) is 2.80. The Morgan fingerprint density at radius 1 is 1.27 bits per heavy atom. The number of esters is 1. The van der Waals surface area contributed by atoms with Crippen molar-refractivity contribution in [1.29, 1.82) is 0 Å². The van der Waals surface area contributed by atoms with Crippen LogP contribution in [0, 0.1) is 6.92 Å². The molecule has 7 nitrogen and oxygen atoms in total. The molecule has 0 radical (unpaired) electrons. The number of anilines is 1. The molecule has 0 bridgehead atoms. The Morgan fingerprint density at radius 3 is 2.54 bits per heavy atom. The van der Waals surface area contributed by atoms with Gasteiger partial charge in [-0.2, -0.15) is 0 Å². The van der Waals surface area contributed by atoms with Crippen LogP contribution in [0.3, 0.4) is 0 Å². The Morgan fingerprint density at radius 2 is 1.92 bits per heavy atom. The van der Waals surface area contributed by atoms with Gasteiger partial charge in [0.2, 0.25) is 10.9 Å². The number of rotatable bonds is 3. The summed E-state index contributed by atoms with van der Waals surface area (Å²) < 4.78 is 5.13. The van der Waals surface area contributed by atoms with Crippen LogP contribution in [0.4, 0.5) is 5.69 Å². The van der Waals surface area contributed by atoms with Gasteiger partial charge in [0.25, 0.3) is 0 Å². The molecule has 1 aromatic carbocycles. The number of aryl methyl sites for hydroxylation is 1. The number of carbonyl (C=O) groups is 1. The van der Waals surface area contributed by atoms with Gasteiger partial charge >= 0.3 is 5.97 Å². The maximum atomic E-state index is 12.5. The molecular formula is C17H21N5O2S2. The van der Waals surface area contributed by atoms with Crippen LogP contribution in [-0.2, 0) is 9.53 Å². The molecule has 0 unspecified atom stereocenters. The standard InChI is InChI=1S/C17H21N5O2S2/c1-5-24-16(23)15(19-18-13-8-6-11(2)7-9-13)22-14(25)10-12(3)20-21(4)17(22)26/h6-10,18,20H,5H2,1-4H3/b19-15-. The fraction of sp³-hybridized carbons (Fsp3) is 0.294. The number of hydrogen-bond acceptors (Lipinski definition) is 7. The maximum absolute atomic E-state index is 12.5. The first kappa shape index (κ1) is 19.8. The molecule has 1 heterocycles. The molecule has 9 heteroatoms. The predicted octanol–water partition coefficient (Wildman–Crippen LogP) is 2.55. The molecule has 0 atom stereocenters. The van der Waals surface area contributed by atoms with Crippen LogP contribution in [0.5, 0.6) is 0 Å². The van der Waals surface area contributed by atoms with Gasteiger partial charge in [0.15, 0.2) is 0 Å². The Balaban J connectivity index is 2.40. The van der Waals surface area contributed by atoms with E-state index in [1.807, 2.05) is 38.1 Å². The van der Waals surface area contributed by atoms with Gasteiger partial charge in [0.05, 0.1) is 12.3 Å². The van der Waals surface area contributed by atoms with Gasteiger partial charge in [-0.3, -0.25) is 15.3 Å². The first-order valence-corrected chi connectivity index (χ1v) is 8.79. The smallest absolute Gasteiger partial charge is 0.376 e. The molecular weight excluding hydrogens is 370 g/mol. The van der Waals surface area contributed by atoms with Crippen molar-refractivity contribution in [2.75, 3.05) is 19.1 Å². The van der Waals surface area contributed by atoms with E-state index in [2.05, 4.69) is 16.0 Å². The average molecular weight is 392 g/mol. The Bertz CT molecular complexity index is 774. The highest BCUT2D eigenvalue weighted by molar-refractivity contribution is 7.82. The summed E-state index contributed by atoms with van der Waals surface area (Å²) in [5, 5.41) is 6.09. The summed E-state index contributed by atoms with van der Waals surface area (Å²) in [6.07, 6.45) is 1.70. The first-order chi connectivity index (χ1) is 12.3. The Kier molecular flexibility index (Phi) is 6.64. The average Bonchev–Trinajstić information content (AvgIpc) is 2.67. The summed E-state index contributed by atoms with van der Waals surface area (Å²) in [4.78, 5) is 14.2. The lowest BCUT2D eigenvalue weighted by Gasteiger charge is -2.28. The maximum Gasteiger partial charge on any atom is 0.376 e. The number of nitrogens with one attached hydrogen (secondary N) is 2. The molecule has 2 rings (SSSR count). The summed E-state index contributed by atoms with van der Waals surface area (Å²) in [6, 6.07) is 7.59. The number of amidine groups is 1. The molecule has 26 heavy (non-hydrogen) atoms. The number of hydrazone groups is 1. The third-order valence-corrected chi connectivity index (χ3v) is 4.15. The lowest BCUT2D eigenvalue weighted by atomic mass is 10.2. The van der Waals surface area contributed by atoms with Crippen molar-refractivity contribution in [2.24, 2.45) is 5.10 Å².